The highest BCUT2D eigenvalue weighted by molar-refractivity contribution is 4.80. The molecular weight excluding hydrogens is 182 g/mol. The predicted octanol–water partition coefficient (Wildman–Crippen LogP) is -0.428. The van der Waals surface area contributed by atoms with Gasteiger partial charge in [0.05, 0.1) is 6.10 Å². The zero-order valence-corrected chi connectivity index (χ0v) is 8.31. The second kappa shape index (κ2) is 4.47. The molecule has 0 radical (unpaired) electrons. The van der Waals surface area contributed by atoms with Crippen LogP contribution in [0, 0.1) is 0 Å². The summed E-state index contributed by atoms with van der Waals surface area (Å²) in [5.74, 6) is 0.818. The predicted molar refractivity (Wildman–Crippen MR) is 49.6 cm³/mol. The smallest absolute Gasteiger partial charge is 0.177 e. The lowest BCUT2D eigenvalue weighted by Gasteiger charge is -2.26. The number of hydrogen-bond donors (Lipinski definition) is 1. The molecular formula is C8H15N5O. The maximum absolute atomic E-state index is 5.58. The summed E-state index contributed by atoms with van der Waals surface area (Å²) in [6.45, 7) is 5.35. The fourth-order valence-corrected chi connectivity index (χ4v) is 1.28. The molecule has 0 unspecified atom stereocenters. The highest BCUT2D eigenvalue weighted by Crippen LogP contribution is 2.03. The van der Waals surface area contributed by atoms with E-state index in [0.717, 1.165) is 31.9 Å². The molecule has 0 aromatic carbocycles. The summed E-state index contributed by atoms with van der Waals surface area (Å²) < 4.78 is 7.38. The number of tetrazole rings is 1. The monoisotopic (exact) mass is 197 g/mol. The van der Waals surface area contributed by atoms with Crippen LogP contribution in [0.1, 0.15) is 19.2 Å². The molecule has 0 aliphatic carbocycles. The molecule has 1 N–H and O–H groups in total. The standard InChI is InChI=1S/C8H15N5O/c1-2-3-13-8(10-11-12-13)6-14-7-4-9-5-7/h7,9H,2-6H2,1H3. The summed E-state index contributed by atoms with van der Waals surface area (Å²) >= 11 is 0. The average Bonchev–Trinajstić information content (AvgIpc) is 2.51. The quantitative estimate of drug-likeness (QED) is 0.694. The molecule has 0 atom stereocenters. The Labute approximate surface area is 82.6 Å². The molecule has 1 saturated heterocycles. The number of nitrogens with zero attached hydrogens (tertiary/aromatic N) is 4. The lowest BCUT2D eigenvalue weighted by Crippen LogP contribution is -2.48. The Morgan fingerprint density at radius 2 is 2.43 bits per heavy atom. The molecule has 1 aliphatic heterocycles. The Bertz CT molecular complexity index is 283. The van der Waals surface area contributed by atoms with Gasteiger partial charge in [-0.3, -0.25) is 0 Å². The van der Waals surface area contributed by atoms with Crippen molar-refractivity contribution in [3.63, 3.8) is 0 Å². The first-order valence-electron chi connectivity index (χ1n) is 4.97. The molecule has 14 heavy (non-hydrogen) atoms. The maximum atomic E-state index is 5.58. The van der Waals surface area contributed by atoms with Crippen LogP contribution >= 0.6 is 0 Å². The molecule has 6 heteroatoms. The lowest BCUT2D eigenvalue weighted by molar-refractivity contribution is 0.00271. The number of hydrogen-bond acceptors (Lipinski definition) is 5. The summed E-state index contributed by atoms with van der Waals surface area (Å²) in [5.41, 5.74) is 0. The van der Waals surface area contributed by atoms with Crippen molar-refractivity contribution in [2.45, 2.75) is 32.6 Å². The Morgan fingerprint density at radius 1 is 1.57 bits per heavy atom. The first kappa shape index (κ1) is 9.54. The number of aryl methyl sites for hydroxylation is 1. The summed E-state index contributed by atoms with van der Waals surface area (Å²) in [4.78, 5) is 0. The molecule has 0 spiro atoms. The van der Waals surface area contributed by atoms with Crippen LogP contribution in [-0.4, -0.2) is 39.4 Å². The number of ether oxygens (including phenoxy) is 1. The largest absolute Gasteiger partial charge is 0.368 e. The van der Waals surface area contributed by atoms with E-state index in [9.17, 15) is 0 Å². The first-order valence-corrected chi connectivity index (χ1v) is 4.97. The van der Waals surface area contributed by atoms with Gasteiger partial charge in [-0.05, 0) is 16.8 Å². The molecule has 1 fully saturated rings. The van der Waals surface area contributed by atoms with Crippen LogP contribution in [0.15, 0.2) is 0 Å². The van der Waals surface area contributed by atoms with E-state index in [1.807, 2.05) is 0 Å². The van der Waals surface area contributed by atoms with Gasteiger partial charge in [0.1, 0.15) is 6.61 Å². The number of nitrogens with one attached hydrogen (secondary N) is 1. The minimum absolute atomic E-state index is 0.335. The SMILES string of the molecule is CCCn1nnnc1COC1CNC1. The molecule has 2 heterocycles. The molecule has 6 nitrogen and oxygen atoms in total. The van der Waals surface area contributed by atoms with Gasteiger partial charge in [0.15, 0.2) is 5.82 Å². The number of aromatic nitrogens is 4. The van der Waals surface area contributed by atoms with Gasteiger partial charge in [0.25, 0.3) is 0 Å². The van der Waals surface area contributed by atoms with Crippen molar-refractivity contribution in [2.75, 3.05) is 13.1 Å². The minimum atomic E-state index is 0.335. The van der Waals surface area contributed by atoms with Crippen molar-refractivity contribution >= 4 is 0 Å². The Morgan fingerprint density at radius 3 is 3.07 bits per heavy atom. The van der Waals surface area contributed by atoms with Gasteiger partial charge in [-0.15, -0.1) is 5.10 Å². The van der Waals surface area contributed by atoms with E-state index in [4.69, 9.17) is 4.74 Å². The van der Waals surface area contributed by atoms with E-state index in [1.165, 1.54) is 0 Å². The van der Waals surface area contributed by atoms with Crippen molar-refractivity contribution in [3.05, 3.63) is 5.82 Å². The van der Waals surface area contributed by atoms with Crippen LogP contribution in [0.3, 0.4) is 0 Å². The summed E-state index contributed by atoms with van der Waals surface area (Å²) in [7, 11) is 0. The van der Waals surface area contributed by atoms with Gasteiger partial charge in [-0.25, -0.2) is 4.68 Å². The molecule has 0 amide bonds. The number of rotatable bonds is 5. The van der Waals surface area contributed by atoms with E-state index in [0.29, 0.717) is 12.7 Å². The molecule has 0 bridgehead atoms. The molecule has 2 rings (SSSR count). The average molecular weight is 197 g/mol. The first-order chi connectivity index (χ1) is 6.90. The van der Waals surface area contributed by atoms with Crippen LogP contribution < -0.4 is 5.32 Å². The molecule has 0 saturated carbocycles. The van der Waals surface area contributed by atoms with Crippen LogP contribution in [0.4, 0.5) is 0 Å². The zero-order valence-electron chi connectivity index (χ0n) is 8.31. The van der Waals surface area contributed by atoms with Crippen LogP contribution in [-0.2, 0) is 17.9 Å². The molecule has 1 aliphatic rings. The zero-order chi connectivity index (χ0) is 9.80. The van der Waals surface area contributed by atoms with E-state index >= 15 is 0 Å². The molecule has 1 aromatic heterocycles. The third kappa shape index (κ3) is 2.08. The van der Waals surface area contributed by atoms with E-state index in [2.05, 4.69) is 27.8 Å². The summed E-state index contributed by atoms with van der Waals surface area (Å²) in [5, 5.41) is 14.6. The second-order valence-electron chi connectivity index (χ2n) is 3.41. The van der Waals surface area contributed by atoms with E-state index in [1.54, 1.807) is 4.68 Å². The van der Waals surface area contributed by atoms with Crippen molar-refractivity contribution in [3.8, 4) is 0 Å². The highest BCUT2D eigenvalue weighted by atomic mass is 16.5. The summed E-state index contributed by atoms with van der Waals surface area (Å²) in [6, 6.07) is 0. The fourth-order valence-electron chi connectivity index (χ4n) is 1.28. The fraction of sp³-hybridized carbons (Fsp3) is 0.875. The van der Waals surface area contributed by atoms with Crippen molar-refractivity contribution < 1.29 is 4.74 Å². The van der Waals surface area contributed by atoms with Gasteiger partial charge in [0, 0.05) is 19.6 Å². The second-order valence-corrected chi connectivity index (χ2v) is 3.41. The van der Waals surface area contributed by atoms with Crippen LogP contribution in [0.2, 0.25) is 0 Å². The Balaban J connectivity index is 1.84. The highest BCUT2D eigenvalue weighted by Gasteiger charge is 2.18. The third-order valence-electron chi connectivity index (χ3n) is 2.23. The minimum Gasteiger partial charge on any atom is -0.368 e. The Hall–Kier alpha value is -1.01. The van der Waals surface area contributed by atoms with Crippen molar-refractivity contribution in [1.82, 2.24) is 25.5 Å². The van der Waals surface area contributed by atoms with Crippen LogP contribution in [0.25, 0.3) is 0 Å². The topological polar surface area (TPSA) is 64.9 Å². The van der Waals surface area contributed by atoms with Crippen LogP contribution in [0.5, 0.6) is 0 Å². The van der Waals surface area contributed by atoms with Gasteiger partial charge < -0.3 is 10.1 Å². The lowest BCUT2D eigenvalue weighted by atomic mass is 10.2. The van der Waals surface area contributed by atoms with Crippen molar-refractivity contribution in [1.29, 1.82) is 0 Å². The van der Waals surface area contributed by atoms with E-state index in [-0.39, 0.29) is 0 Å². The van der Waals surface area contributed by atoms with Gasteiger partial charge in [-0.1, -0.05) is 6.92 Å². The summed E-state index contributed by atoms with van der Waals surface area (Å²) in [6.07, 6.45) is 1.37. The third-order valence-corrected chi connectivity index (χ3v) is 2.23. The maximum Gasteiger partial charge on any atom is 0.177 e. The van der Waals surface area contributed by atoms with Gasteiger partial charge in [-0.2, -0.15) is 0 Å². The van der Waals surface area contributed by atoms with Gasteiger partial charge in [0.2, 0.25) is 0 Å². The van der Waals surface area contributed by atoms with Crippen molar-refractivity contribution in [2.24, 2.45) is 0 Å². The molecule has 78 valence electrons. The van der Waals surface area contributed by atoms with Gasteiger partial charge >= 0.3 is 0 Å². The molecule has 1 aromatic rings. The van der Waals surface area contributed by atoms with E-state index < -0.39 is 0 Å². The normalized spacial score (nSPS) is 16.9. The Kier molecular flexibility index (Phi) is 3.05.